The first-order valence-electron chi connectivity index (χ1n) is 10.2. The minimum Gasteiger partial charge on any atom is -0.463 e. The molecule has 0 radical (unpaired) electrons. The van der Waals surface area contributed by atoms with Crippen LogP contribution in [0.15, 0.2) is 11.1 Å². The Balaban J connectivity index is 1.56. The molecule has 0 N–H and O–H groups in total. The highest BCUT2D eigenvalue weighted by Crippen LogP contribution is 2.63. The highest BCUT2D eigenvalue weighted by Gasteiger charge is 2.54. The molecule has 0 aromatic rings. The molecule has 0 aromatic carbocycles. The Morgan fingerprint density at radius 1 is 1.04 bits per heavy atom. The Hall–Kier alpha value is -0.790. The number of carbonyl (C=O) groups excluding carboxylic acids is 1. The fraction of sp³-hybridized carbons (Fsp3) is 0.864. The van der Waals surface area contributed by atoms with E-state index in [1.807, 2.05) is 11.1 Å². The van der Waals surface area contributed by atoms with Crippen molar-refractivity contribution in [3.63, 3.8) is 0 Å². The zero-order valence-electron chi connectivity index (χ0n) is 16.0. The predicted molar refractivity (Wildman–Crippen MR) is 96.5 cm³/mol. The number of esters is 1. The summed E-state index contributed by atoms with van der Waals surface area (Å²) in [5.41, 5.74) is 4.65. The lowest BCUT2D eigenvalue weighted by Gasteiger charge is -2.57. The molecule has 4 rings (SSSR count). The van der Waals surface area contributed by atoms with Crippen molar-refractivity contribution < 1.29 is 9.53 Å². The first kappa shape index (κ1) is 16.7. The molecule has 0 heterocycles. The third-order valence-corrected chi connectivity index (χ3v) is 8.35. The lowest BCUT2D eigenvalue weighted by atomic mass is 9.49. The van der Waals surface area contributed by atoms with Crippen molar-refractivity contribution >= 4 is 5.97 Å². The second-order valence-electron chi connectivity index (χ2n) is 9.93. The fourth-order valence-corrected chi connectivity index (χ4v) is 7.04. The minimum absolute atomic E-state index is 0.0991. The quantitative estimate of drug-likeness (QED) is 0.458. The molecule has 0 amide bonds. The SMILES string of the molecule is CC(=O)O[C@H]1CC[C@]2(C)[C@H](CC[C@H]3C4=C(CC[C@@H]32)C(C)(C)CC4)C1. The molecule has 0 bridgehead atoms. The van der Waals surface area contributed by atoms with Gasteiger partial charge in [-0.3, -0.25) is 4.79 Å². The minimum atomic E-state index is -0.0991. The maximum atomic E-state index is 11.3. The largest absolute Gasteiger partial charge is 0.463 e. The highest BCUT2D eigenvalue weighted by atomic mass is 16.5. The van der Waals surface area contributed by atoms with Crippen LogP contribution < -0.4 is 0 Å². The number of hydrogen-bond donors (Lipinski definition) is 0. The Kier molecular flexibility index (Phi) is 3.89. The van der Waals surface area contributed by atoms with E-state index >= 15 is 0 Å². The van der Waals surface area contributed by atoms with Gasteiger partial charge in [-0.15, -0.1) is 0 Å². The molecule has 0 aromatic heterocycles. The van der Waals surface area contributed by atoms with Crippen LogP contribution in [0.5, 0.6) is 0 Å². The van der Waals surface area contributed by atoms with E-state index in [0.717, 1.165) is 30.6 Å². The van der Waals surface area contributed by atoms with Gasteiger partial charge >= 0.3 is 5.97 Å². The Morgan fingerprint density at radius 3 is 2.58 bits per heavy atom. The van der Waals surface area contributed by atoms with Crippen LogP contribution in [0.25, 0.3) is 0 Å². The molecule has 2 fully saturated rings. The smallest absolute Gasteiger partial charge is 0.302 e. The summed E-state index contributed by atoms with van der Waals surface area (Å²) in [7, 11) is 0. The summed E-state index contributed by atoms with van der Waals surface area (Å²) in [4.78, 5) is 11.3. The average Bonchev–Trinajstić information content (AvgIpc) is 2.83. The second-order valence-corrected chi connectivity index (χ2v) is 9.93. The Bertz CT molecular complexity index is 573. The van der Waals surface area contributed by atoms with Crippen molar-refractivity contribution in [1.82, 2.24) is 0 Å². The van der Waals surface area contributed by atoms with Crippen LogP contribution >= 0.6 is 0 Å². The lowest BCUT2D eigenvalue weighted by Crippen LogP contribution is -2.49. The molecule has 0 saturated heterocycles. The van der Waals surface area contributed by atoms with Gasteiger partial charge in [0.2, 0.25) is 0 Å². The predicted octanol–water partition coefficient (Wildman–Crippen LogP) is 5.66. The van der Waals surface area contributed by atoms with Crippen LogP contribution in [-0.4, -0.2) is 12.1 Å². The molecular weight excluding hydrogens is 296 g/mol. The Labute approximate surface area is 147 Å². The van der Waals surface area contributed by atoms with E-state index in [2.05, 4.69) is 20.8 Å². The van der Waals surface area contributed by atoms with Gasteiger partial charge in [0.15, 0.2) is 0 Å². The molecule has 24 heavy (non-hydrogen) atoms. The van der Waals surface area contributed by atoms with E-state index in [-0.39, 0.29) is 12.1 Å². The van der Waals surface area contributed by atoms with Gasteiger partial charge in [-0.1, -0.05) is 31.9 Å². The van der Waals surface area contributed by atoms with Gasteiger partial charge in [0, 0.05) is 6.92 Å². The molecule has 0 unspecified atom stereocenters. The van der Waals surface area contributed by atoms with E-state index in [0.29, 0.717) is 10.8 Å². The highest BCUT2D eigenvalue weighted by molar-refractivity contribution is 5.66. The monoisotopic (exact) mass is 330 g/mol. The normalized spacial score (nSPS) is 43.7. The van der Waals surface area contributed by atoms with Gasteiger partial charge in [-0.25, -0.2) is 0 Å². The number of allylic oxidation sites excluding steroid dienone is 2. The molecule has 2 saturated carbocycles. The molecule has 2 heteroatoms. The van der Waals surface area contributed by atoms with E-state index in [1.165, 1.54) is 44.9 Å². The summed E-state index contributed by atoms with van der Waals surface area (Å²) in [6.45, 7) is 9.06. The molecule has 4 aliphatic rings. The molecule has 0 spiro atoms. The summed E-state index contributed by atoms with van der Waals surface area (Å²) < 4.78 is 5.57. The van der Waals surface area contributed by atoms with E-state index < -0.39 is 0 Å². The first-order valence-corrected chi connectivity index (χ1v) is 10.2. The van der Waals surface area contributed by atoms with Gasteiger partial charge in [0.1, 0.15) is 6.10 Å². The van der Waals surface area contributed by atoms with Crippen LogP contribution in [0.4, 0.5) is 0 Å². The van der Waals surface area contributed by atoms with Crippen molar-refractivity contribution in [2.24, 2.45) is 28.6 Å². The molecule has 2 nitrogen and oxygen atoms in total. The van der Waals surface area contributed by atoms with Gasteiger partial charge in [-0.2, -0.15) is 0 Å². The standard InChI is InChI=1S/C22H34O2/c1-14(23)24-16-9-12-22(4)15(13-16)5-6-17-18-10-11-21(2,3)19(18)7-8-20(17)22/h15-17,20H,5-13H2,1-4H3/t15-,16+,17+,20+,22-/m1/s1. The van der Waals surface area contributed by atoms with Gasteiger partial charge in [0.25, 0.3) is 0 Å². The summed E-state index contributed by atoms with van der Waals surface area (Å²) >= 11 is 0. The lowest BCUT2D eigenvalue weighted by molar-refractivity contribution is -0.154. The van der Waals surface area contributed by atoms with Crippen LogP contribution in [0.2, 0.25) is 0 Å². The third kappa shape index (κ3) is 2.47. The number of rotatable bonds is 1. The number of ether oxygens (including phenoxy) is 1. The van der Waals surface area contributed by atoms with Gasteiger partial charge in [0.05, 0.1) is 0 Å². The molecule has 134 valence electrons. The van der Waals surface area contributed by atoms with Gasteiger partial charge < -0.3 is 4.74 Å². The van der Waals surface area contributed by atoms with Crippen molar-refractivity contribution in [2.45, 2.75) is 91.6 Å². The maximum Gasteiger partial charge on any atom is 0.302 e. The van der Waals surface area contributed by atoms with Crippen molar-refractivity contribution in [3.05, 3.63) is 11.1 Å². The third-order valence-electron chi connectivity index (χ3n) is 8.35. The number of hydrogen-bond acceptors (Lipinski definition) is 2. The Morgan fingerprint density at radius 2 is 1.83 bits per heavy atom. The van der Waals surface area contributed by atoms with E-state index in [9.17, 15) is 4.79 Å². The fourth-order valence-electron chi connectivity index (χ4n) is 7.04. The average molecular weight is 331 g/mol. The van der Waals surface area contributed by atoms with E-state index in [4.69, 9.17) is 4.74 Å². The van der Waals surface area contributed by atoms with Crippen molar-refractivity contribution in [2.75, 3.05) is 0 Å². The number of carbonyl (C=O) groups is 1. The second kappa shape index (κ2) is 5.61. The summed E-state index contributed by atoms with van der Waals surface area (Å²) in [5, 5.41) is 0. The van der Waals surface area contributed by atoms with Crippen molar-refractivity contribution in [1.29, 1.82) is 0 Å². The molecule has 0 aliphatic heterocycles. The first-order chi connectivity index (χ1) is 11.3. The van der Waals surface area contributed by atoms with Crippen LogP contribution in [0, 0.1) is 28.6 Å². The molecule has 5 atom stereocenters. The van der Waals surface area contributed by atoms with Crippen LogP contribution in [0.3, 0.4) is 0 Å². The molecule has 4 aliphatic carbocycles. The topological polar surface area (TPSA) is 26.3 Å². The summed E-state index contributed by atoms with van der Waals surface area (Å²) in [5.74, 6) is 2.40. The van der Waals surface area contributed by atoms with Crippen molar-refractivity contribution in [3.8, 4) is 0 Å². The van der Waals surface area contributed by atoms with Gasteiger partial charge in [-0.05, 0) is 86.4 Å². The summed E-state index contributed by atoms with van der Waals surface area (Å²) in [6, 6.07) is 0. The van der Waals surface area contributed by atoms with Crippen LogP contribution in [-0.2, 0) is 9.53 Å². The zero-order valence-corrected chi connectivity index (χ0v) is 16.0. The summed E-state index contributed by atoms with van der Waals surface area (Å²) in [6.07, 6.45) is 11.8. The van der Waals surface area contributed by atoms with E-state index in [1.54, 1.807) is 6.92 Å². The van der Waals surface area contributed by atoms with Crippen LogP contribution in [0.1, 0.15) is 85.5 Å². The maximum absolute atomic E-state index is 11.3. The zero-order chi connectivity index (χ0) is 17.1. The molecular formula is C22H34O2. The number of fused-ring (bicyclic) bond motifs is 4.